The quantitative estimate of drug-likeness (QED) is 0.667. The lowest BCUT2D eigenvalue weighted by atomic mass is 10.1. The Kier molecular flexibility index (Phi) is 7.14. The van der Waals surface area contributed by atoms with Crippen LogP contribution in [0.15, 0.2) is 18.2 Å². The fourth-order valence-corrected chi connectivity index (χ4v) is 1.57. The van der Waals surface area contributed by atoms with E-state index in [2.05, 4.69) is 5.32 Å². The molecule has 20 heavy (non-hydrogen) atoms. The molecule has 0 unspecified atom stereocenters. The van der Waals surface area contributed by atoms with Crippen LogP contribution in [0.25, 0.3) is 0 Å². The van der Waals surface area contributed by atoms with E-state index in [-0.39, 0.29) is 5.56 Å². The Labute approximate surface area is 118 Å². The van der Waals surface area contributed by atoms with Crippen LogP contribution in [0.2, 0.25) is 0 Å². The highest BCUT2D eigenvalue weighted by Crippen LogP contribution is 2.10. The predicted molar refractivity (Wildman–Crippen MR) is 74.4 cm³/mol. The third-order valence-corrected chi connectivity index (χ3v) is 2.70. The number of rotatable bonds is 9. The van der Waals surface area contributed by atoms with Gasteiger partial charge in [-0.1, -0.05) is 6.07 Å². The molecule has 6 heteroatoms. The van der Waals surface area contributed by atoms with Gasteiger partial charge in [0.15, 0.2) is 0 Å². The maximum atomic E-state index is 13.4. The molecule has 0 aliphatic rings. The van der Waals surface area contributed by atoms with Crippen LogP contribution in [0, 0.1) is 5.82 Å². The summed E-state index contributed by atoms with van der Waals surface area (Å²) in [6, 6.07) is 4.12. The van der Waals surface area contributed by atoms with E-state index in [4.69, 9.17) is 9.84 Å². The maximum absolute atomic E-state index is 13.4. The Morgan fingerprint density at radius 2 is 2.15 bits per heavy atom. The highest BCUT2D eigenvalue weighted by molar-refractivity contribution is 5.87. The predicted octanol–water partition coefficient (Wildman–Crippen LogP) is 1.19. The molecule has 0 amide bonds. The summed E-state index contributed by atoms with van der Waals surface area (Å²) < 4.78 is 18.8. The SMILES string of the molecule is CN(C)CCOCCNCc1ccc(C(=O)O)c(F)c1. The van der Waals surface area contributed by atoms with Gasteiger partial charge in [0.2, 0.25) is 0 Å². The normalized spacial score (nSPS) is 11.0. The van der Waals surface area contributed by atoms with Crippen molar-refractivity contribution in [3.63, 3.8) is 0 Å². The Bertz CT molecular complexity index is 438. The van der Waals surface area contributed by atoms with E-state index >= 15 is 0 Å². The number of carbonyl (C=O) groups is 1. The van der Waals surface area contributed by atoms with Crippen molar-refractivity contribution in [3.8, 4) is 0 Å². The number of likely N-dealkylation sites (N-methyl/N-ethyl adjacent to an activating group) is 1. The zero-order valence-electron chi connectivity index (χ0n) is 11.9. The molecule has 0 spiro atoms. The van der Waals surface area contributed by atoms with Crippen LogP contribution in [-0.2, 0) is 11.3 Å². The first-order valence-electron chi connectivity index (χ1n) is 6.45. The standard InChI is InChI=1S/C14H21FN2O3/c1-17(2)6-8-20-7-5-16-10-11-3-4-12(14(18)19)13(15)9-11/h3-4,9,16H,5-8,10H2,1-2H3,(H,18,19). The van der Waals surface area contributed by atoms with Crippen molar-refractivity contribution in [1.29, 1.82) is 0 Å². The van der Waals surface area contributed by atoms with Gasteiger partial charge in [-0.15, -0.1) is 0 Å². The largest absolute Gasteiger partial charge is 0.478 e. The molecule has 112 valence electrons. The summed E-state index contributed by atoms with van der Waals surface area (Å²) in [5.41, 5.74) is 0.404. The molecule has 0 heterocycles. The summed E-state index contributed by atoms with van der Waals surface area (Å²) in [5, 5.41) is 11.8. The molecule has 0 bridgehead atoms. The summed E-state index contributed by atoms with van der Waals surface area (Å²) >= 11 is 0. The van der Waals surface area contributed by atoms with Gasteiger partial charge in [-0.2, -0.15) is 0 Å². The van der Waals surface area contributed by atoms with Crippen LogP contribution in [0.3, 0.4) is 0 Å². The maximum Gasteiger partial charge on any atom is 0.338 e. The second kappa shape index (κ2) is 8.63. The summed E-state index contributed by atoms with van der Waals surface area (Å²) in [6.45, 7) is 3.28. The van der Waals surface area contributed by atoms with Gasteiger partial charge in [-0.25, -0.2) is 9.18 Å². The first kappa shape index (κ1) is 16.6. The number of halogens is 1. The summed E-state index contributed by atoms with van der Waals surface area (Å²) in [6.07, 6.45) is 0. The number of benzene rings is 1. The van der Waals surface area contributed by atoms with Crippen molar-refractivity contribution in [2.45, 2.75) is 6.54 Å². The van der Waals surface area contributed by atoms with Crippen molar-refractivity contribution in [1.82, 2.24) is 10.2 Å². The third-order valence-electron chi connectivity index (χ3n) is 2.70. The van der Waals surface area contributed by atoms with E-state index in [0.29, 0.717) is 31.9 Å². The molecule has 0 radical (unpaired) electrons. The van der Waals surface area contributed by atoms with Gasteiger partial charge in [0, 0.05) is 19.6 Å². The molecule has 2 N–H and O–H groups in total. The lowest BCUT2D eigenvalue weighted by Crippen LogP contribution is -2.23. The zero-order chi connectivity index (χ0) is 15.0. The van der Waals surface area contributed by atoms with Crippen LogP contribution in [-0.4, -0.2) is 56.4 Å². The second-order valence-corrected chi connectivity index (χ2v) is 4.71. The Hall–Kier alpha value is -1.50. The average molecular weight is 284 g/mol. The Morgan fingerprint density at radius 3 is 2.75 bits per heavy atom. The summed E-state index contributed by atoms with van der Waals surface area (Å²) in [5.74, 6) is -1.96. The topological polar surface area (TPSA) is 61.8 Å². The van der Waals surface area contributed by atoms with Crippen LogP contribution in [0.4, 0.5) is 4.39 Å². The van der Waals surface area contributed by atoms with E-state index in [1.54, 1.807) is 6.07 Å². The zero-order valence-corrected chi connectivity index (χ0v) is 11.9. The smallest absolute Gasteiger partial charge is 0.338 e. The van der Waals surface area contributed by atoms with Crippen molar-refractivity contribution in [3.05, 3.63) is 35.1 Å². The average Bonchev–Trinajstić information content (AvgIpc) is 2.37. The molecule has 1 rings (SSSR count). The number of ether oxygens (including phenoxy) is 1. The minimum absolute atomic E-state index is 0.305. The molecular formula is C14H21FN2O3. The third kappa shape index (κ3) is 6.10. The first-order valence-corrected chi connectivity index (χ1v) is 6.45. The molecule has 0 saturated carbocycles. The van der Waals surface area contributed by atoms with E-state index in [1.165, 1.54) is 12.1 Å². The van der Waals surface area contributed by atoms with Gasteiger partial charge in [0.05, 0.1) is 18.8 Å². The number of carboxylic acid groups (broad SMARTS) is 1. The number of hydrogen-bond acceptors (Lipinski definition) is 4. The van der Waals surface area contributed by atoms with E-state index in [0.717, 1.165) is 6.54 Å². The van der Waals surface area contributed by atoms with E-state index in [9.17, 15) is 9.18 Å². The molecule has 0 fully saturated rings. The molecule has 0 saturated heterocycles. The molecule has 5 nitrogen and oxygen atoms in total. The molecule has 1 aromatic carbocycles. The van der Waals surface area contributed by atoms with Gasteiger partial charge >= 0.3 is 5.97 Å². The summed E-state index contributed by atoms with van der Waals surface area (Å²) in [7, 11) is 3.97. The van der Waals surface area contributed by atoms with Crippen molar-refractivity contribution >= 4 is 5.97 Å². The fourth-order valence-electron chi connectivity index (χ4n) is 1.57. The monoisotopic (exact) mass is 284 g/mol. The summed E-state index contributed by atoms with van der Waals surface area (Å²) in [4.78, 5) is 12.7. The number of nitrogens with zero attached hydrogens (tertiary/aromatic N) is 1. The number of carboxylic acids is 1. The minimum Gasteiger partial charge on any atom is -0.478 e. The lowest BCUT2D eigenvalue weighted by Gasteiger charge is -2.10. The molecule has 0 aliphatic carbocycles. The first-order chi connectivity index (χ1) is 9.50. The van der Waals surface area contributed by atoms with E-state index in [1.807, 2.05) is 19.0 Å². The van der Waals surface area contributed by atoms with Gasteiger partial charge in [-0.05, 0) is 31.8 Å². The van der Waals surface area contributed by atoms with Crippen molar-refractivity contribution in [2.75, 3.05) is 40.4 Å². The highest BCUT2D eigenvalue weighted by Gasteiger charge is 2.09. The Morgan fingerprint density at radius 1 is 1.40 bits per heavy atom. The van der Waals surface area contributed by atoms with Crippen molar-refractivity contribution < 1.29 is 19.0 Å². The highest BCUT2D eigenvalue weighted by atomic mass is 19.1. The molecule has 0 atom stereocenters. The number of nitrogens with one attached hydrogen (secondary N) is 1. The van der Waals surface area contributed by atoms with Crippen LogP contribution >= 0.6 is 0 Å². The molecule has 0 aromatic heterocycles. The van der Waals surface area contributed by atoms with Crippen molar-refractivity contribution in [2.24, 2.45) is 0 Å². The lowest BCUT2D eigenvalue weighted by molar-refractivity contribution is 0.0692. The van der Waals surface area contributed by atoms with Gasteiger partial charge < -0.3 is 20.1 Å². The van der Waals surface area contributed by atoms with Crippen LogP contribution in [0.1, 0.15) is 15.9 Å². The second-order valence-electron chi connectivity index (χ2n) is 4.71. The fraction of sp³-hybridized carbons (Fsp3) is 0.500. The van der Waals surface area contributed by atoms with E-state index < -0.39 is 11.8 Å². The molecule has 1 aromatic rings. The van der Waals surface area contributed by atoms with Crippen LogP contribution in [0.5, 0.6) is 0 Å². The van der Waals surface area contributed by atoms with Gasteiger partial charge in [0.1, 0.15) is 5.82 Å². The van der Waals surface area contributed by atoms with Crippen LogP contribution < -0.4 is 5.32 Å². The minimum atomic E-state index is -1.25. The Balaban J connectivity index is 2.22. The molecule has 0 aliphatic heterocycles. The van der Waals surface area contributed by atoms with Gasteiger partial charge in [0.25, 0.3) is 0 Å². The number of hydrogen-bond donors (Lipinski definition) is 2. The number of aromatic carboxylic acids is 1. The molecular weight excluding hydrogens is 263 g/mol. The van der Waals surface area contributed by atoms with Gasteiger partial charge in [-0.3, -0.25) is 0 Å².